The highest BCUT2D eigenvalue weighted by molar-refractivity contribution is 4.77. The maximum absolute atomic E-state index is 6.23. The smallest absolute Gasteiger partial charge is 0.00441 e. The first kappa shape index (κ1) is 13.0. The van der Waals surface area contributed by atoms with E-state index in [9.17, 15) is 0 Å². The molecule has 1 rings (SSSR count). The first-order valence-corrected chi connectivity index (χ1v) is 7.01. The Bertz CT molecular complexity index is 151. The van der Waals surface area contributed by atoms with Crippen molar-refractivity contribution in [1.82, 2.24) is 0 Å². The van der Waals surface area contributed by atoms with Crippen LogP contribution < -0.4 is 5.73 Å². The molecule has 0 aromatic rings. The second-order valence-electron chi connectivity index (χ2n) is 5.44. The summed E-state index contributed by atoms with van der Waals surface area (Å²) in [7, 11) is 0. The van der Waals surface area contributed by atoms with Crippen molar-refractivity contribution >= 4 is 0 Å². The minimum atomic E-state index is 0.483. The van der Waals surface area contributed by atoms with Crippen molar-refractivity contribution in [2.45, 2.75) is 77.7 Å². The van der Waals surface area contributed by atoms with Crippen LogP contribution in [0.2, 0.25) is 0 Å². The van der Waals surface area contributed by atoms with E-state index in [0.29, 0.717) is 6.04 Å². The normalized spacial score (nSPS) is 21.0. The first-order chi connectivity index (χ1) is 7.26. The largest absolute Gasteiger partial charge is 0.328 e. The van der Waals surface area contributed by atoms with Crippen molar-refractivity contribution in [2.75, 3.05) is 0 Å². The maximum atomic E-state index is 6.23. The topological polar surface area (TPSA) is 26.0 Å². The molecule has 1 fully saturated rings. The fraction of sp³-hybridized carbons (Fsp3) is 1.00. The van der Waals surface area contributed by atoms with Gasteiger partial charge in [0.2, 0.25) is 0 Å². The van der Waals surface area contributed by atoms with Gasteiger partial charge in [-0.3, -0.25) is 0 Å². The van der Waals surface area contributed by atoms with Gasteiger partial charge in [0.1, 0.15) is 0 Å². The third-order valence-electron chi connectivity index (χ3n) is 4.04. The molecule has 1 nitrogen and oxygen atoms in total. The number of hydrogen-bond donors (Lipinski definition) is 1. The lowest BCUT2D eigenvalue weighted by molar-refractivity contribution is 0.255. The minimum absolute atomic E-state index is 0.483. The summed E-state index contributed by atoms with van der Waals surface area (Å²) in [6, 6.07) is 0.483. The molecule has 2 N–H and O–H groups in total. The summed E-state index contributed by atoms with van der Waals surface area (Å²) in [5, 5.41) is 0. The fourth-order valence-corrected chi connectivity index (χ4v) is 2.66. The molecule has 0 saturated heterocycles. The Morgan fingerprint density at radius 2 is 2.00 bits per heavy atom. The molecule has 90 valence electrons. The van der Waals surface area contributed by atoms with Crippen LogP contribution in [-0.4, -0.2) is 6.04 Å². The zero-order valence-electron chi connectivity index (χ0n) is 10.7. The Morgan fingerprint density at radius 1 is 1.27 bits per heavy atom. The summed E-state index contributed by atoms with van der Waals surface area (Å²) in [5.41, 5.74) is 6.23. The zero-order chi connectivity index (χ0) is 11.1. The van der Waals surface area contributed by atoms with Gasteiger partial charge in [0.25, 0.3) is 0 Å². The van der Waals surface area contributed by atoms with Crippen molar-refractivity contribution in [3.05, 3.63) is 0 Å². The summed E-state index contributed by atoms with van der Waals surface area (Å²) in [6.45, 7) is 4.59. The van der Waals surface area contributed by atoms with Crippen molar-refractivity contribution in [1.29, 1.82) is 0 Å². The van der Waals surface area contributed by atoms with Gasteiger partial charge in [0.15, 0.2) is 0 Å². The fourth-order valence-electron chi connectivity index (χ4n) is 2.66. The van der Waals surface area contributed by atoms with E-state index < -0.39 is 0 Å². The summed E-state index contributed by atoms with van der Waals surface area (Å²) >= 11 is 0. The molecule has 1 heteroatoms. The van der Waals surface area contributed by atoms with Gasteiger partial charge in [-0.25, -0.2) is 0 Å². The van der Waals surface area contributed by atoms with Crippen LogP contribution in [0.4, 0.5) is 0 Å². The number of hydrogen-bond acceptors (Lipinski definition) is 1. The molecule has 1 aliphatic carbocycles. The Kier molecular flexibility index (Phi) is 6.31. The summed E-state index contributed by atoms with van der Waals surface area (Å²) in [4.78, 5) is 0. The number of rotatable bonds is 8. The summed E-state index contributed by atoms with van der Waals surface area (Å²) in [5.74, 6) is 1.86. The van der Waals surface area contributed by atoms with E-state index in [1.54, 1.807) is 0 Å². The van der Waals surface area contributed by atoms with Gasteiger partial charge < -0.3 is 5.73 Å². The lowest BCUT2D eigenvalue weighted by Crippen LogP contribution is -2.28. The molecule has 0 heterocycles. The van der Waals surface area contributed by atoms with E-state index in [2.05, 4.69) is 13.8 Å². The van der Waals surface area contributed by atoms with E-state index in [0.717, 1.165) is 11.8 Å². The van der Waals surface area contributed by atoms with E-state index in [-0.39, 0.29) is 0 Å². The van der Waals surface area contributed by atoms with E-state index in [4.69, 9.17) is 5.73 Å². The molecule has 0 aromatic heterocycles. The van der Waals surface area contributed by atoms with Crippen LogP contribution in [0.1, 0.15) is 71.6 Å². The lowest BCUT2D eigenvalue weighted by Gasteiger charge is -2.29. The zero-order valence-corrected chi connectivity index (χ0v) is 10.7. The van der Waals surface area contributed by atoms with Gasteiger partial charge in [-0.05, 0) is 24.7 Å². The van der Waals surface area contributed by atoms with Crippen LogP contribution in [0, 0.1) is 11.8 Å². The Balaban J connectivity index is 2.11. The molecule has 0 amide bonds. The van der Waals surface area contributed by atoms with Crippen molar-refractivity contribution < 1.29 is 0 Å². The van der Waals surface area contributed by atoms with E-state index in [1.807, 2.05) is 0 Å². The van der Waals surface area contributed by atoms with Gasteiger partial charge in [0, 0.05) is 6.04 Å². The minimum Gasteiger partial charge on any atom is -0.328 e. The van der Waals surface area contributed by atoms with Gasteiger partial charge in [-0.15, -0.1) is 0 Å². The summed E-state index contributed by atoms with van der Waals surface area (Å²) < 4.78 is 0. The van der Waals surface area contributed by atoms with Gasteiger partial charge >= 0.3 is 0 Å². The lowest BCUT2D eigenvalue weighted by atomic mass is 9.79. The van der Waals surface area contributed by atoms with Crippen LogP contribution in [-0.2, 0) is 0 Å². The highest BCUT2D eigenvalue weighted by Crippen LogP contribution is 2.31. The number of unbranched alkanes of at least 4 members (excludes halogenated alkanes) is 1. The molecule has 1 saturated carbocycles. The molecule has 2 unspecified atom stereocenters. The molecule has 0 radical (unpaired) electrons. The Hall–Kier alpha value is -0.0400. The van der Waals surface area contributed by atoms with Crippen LogP contribution in [0.3, 0.4) is 0 Å². The average molecular weight is 211 g/mol. The standard InChI is InChI=1S/C14H29N/c1-3-5-7-12(4-2)10-14(15)11-13-8-6-9-13/h12-14H,3-11,15H2,1-2H3. The van der Waals surface area contributed by atoms with Crippen LogP contribution in [0.15, 0.2) is 0 Å². The monoisotopic (exact) mass is 211 g/mol. The molecule has 15 heavy (non-hydrogen) atoms. The number of nitrogens with two attached hydrogens (primary N) is 1. The third-order valence-corrected chi connectivity index (χ3v) is 4.04. The van der Waals surface area contributed by atoms with Crippen LogP contribution in [0.5, 0.6) is 0 Å². The SMILES string of the molecule is CCCCC(CC)CC(N)CC1CCC1. The van der Waals surface area contributed by atoms with Crippen molar-refractivity contribution in [3.8, 4) is 0 Å². The quantitative estimate of drug-likeness (QED) is 0.642. The van der Waals surface area contributed by atoms with E-state index >= 15 is 0 Å². The molecule has 2 atom stereocenters. The summed E-state index contributed by atoms with van der Waals surface area (Å²) in [6.07, 6.45) is 12.3. The van der Waals surface area contributed by atoms with Crippen LogP contribution >= 0.6 is 0 Å². The molecule has 0 spiro atoms. The molecule has 0 bridgehead atoms. The molecular weight excluding hydrogens is 182 g/mol. The third kappa shape index (κ3) is 5.01. The molecule has 0 aliphatic heterocycles. The first-order valence-electron chi connectivity index (χ1n) is 7.01. The Labute approximate surface area is 95.8 Å². The highest BCUT2D eigenvalue weighted by atomic mass is 14.6. The van der Waals surface area contributed by atoms with Gasteiger partial charge in [-0.2, -0.15) is 0 Å². The van der Waals surface area contributed by atoms with E-state index in [1.165, 1.54) is 57.8 Å². The predicted octanol–water partition coefficient (Wildman–Crippen LogP) is 4.11. The van der Waals surface area contributed by atoms with Crippen molar-refractivity contribution in [2.24, 2.45) is 17.6 Å². The second-order valence-corrected chi connectivity index (χ2v) is 5.44. The highest BCUT2D eigenvalue weighted by Gasteiger charge is 2.21. The maximum Gasteiger partial charge on any atom is 0.00441 e. The van der Waals surface area contributed by atoms with Crippen LogP contribution in [0.25, 0.3) is 0 Å². The van der Waals surface area contributed by atoms with Gasteiger partial charge in [-0.1, -0.05) is 58.8 Å². The average Bonchev–Trinajstić information content (AvgIpc) is 2.18. The Morgan fingerprint density at radius 3 is 2.47 bits per heavy atom. The van der Waals surface area contributed by atoms with Crippen molar-refractivity contribution in [3.63, 3.8) is 0 Å². The molecule has 1 aliphatic rings. The molecule has 0 aromatic carbocycles. The predicted molar refractivity (Wildman–Crippen MR) is 67.9 cm³/mol. The van der Waals surface area contributed by atoms with Gasteiger partial charge in [0.05, 0.1) is 0 Å². The molecular formula is C14H29N. The second kappa shape index (κ2) is 7.27.